The van der Waals surface area contributed by atoms with Crippen LogP contribution >= 0.6 is 0 Å². The van der Waals surface area contributed by atoms with Gasteiger partial charge in [-0.05, 0) is 58.9 Å². The molecular weight excluding hydrogens is 697 g/mol. The summed E-state index contributed by atoms with van der Waals surface area (Å²) < 4.78 is 60.7. The number of hydrogen-bond acceptors (Lipinski definition) is 3. The second kappa shape index (κ2) is 12.6. The van der Waals surface area contributed by atoms with E-state index in [-0.39, 0.29) is 31.2 Å². The van der Waals surface area contributed by atoms with E-state index in [2.05, 4.69) is 53.9 Å². The SMILES string of the molecule is C[Si](C)(C)c1ccc(-c2[c-]cccc2)nc1.[2H]C([2H])([2H])c1ccc2c(c1)oc1c(-c3cc(C([2H])(C)C)c(C([2H])([2H])[2H])cn3)[c-]ccc12.[Ir]. The van der Waals surface area contributed by atoms with Crippen LogP contribution in [0.3, 0.4) is 0 Å². The number of nitrogens with zero attached hydrogens (tertiary/aromatic N) is 2. The summed E-state index contributed by atoms with van der Waals surface area (Å²) in [4.78, 5) is 8.86. The van der Waals surface area contributed by atoms with E-state index in [4.69, 9.17) is 14.0 Å². The van der Waals surface area contributed by atoms with Gasteiger partial charge < -0.3 is 14.4 Å². The zero-order valence-electron chi connectivity index (χ0n) is 30.7. The summed E-state index contributed by atoms with van der Waals surface area (Å²) in [6.07, 6.45) is 3.30. The van der Waals surface area contributed by atoms with Crippen LogP contribution in [-0.2, 0) is 20.1 Å². The van der Waals surface area contributed by atoms with Crippen LogP contribution in [0.15, 0.2) is 89.6 Å². The van der Waals surface area contributed by atoms with E-state index in [9.17, 15) is 0 Å². The van der Waals surface area contributed by atoms with Gasteiger partial charge in [0, 0.05) is 47.5 Å². The zero-order valence-corrected chi connectivity index (χ0v) is 27.1. The quantitative estimate of drug-likeness (QED) is 0.134. The third-order valence-electron chi connectivity index (χ3n) is 6.75. The van der Waals surface area contributed by atoms with Gasteiger partial charge in [0.25, 0.3) is 0 Å². The van der Waals surface area contributed by atoms with Gasteiger partial charge in [-0.15, -0.1) is 54.1 Å². The number of hydrogen-bond donors (Lipinski definition) is 0. The maximum atomic E-state index is 8.42. The van der Waals surface area contributed by atoms with Crippen LogP contribution in [0, 0.1) is 25.8 Å². The number of aryl methyl sites for hydroxylation is 2. The number of rotatable bonds is 4. The van der Waals surface area contributed by atoms with Crippen molar-refractivity contribution in [3.63, 3.8) is 0 Å². The minimum Gasteiger partial charge on any atom is -0.501 e. The smallest absolute Gasteiger partial charge is 0.121 e. The van der Waals surface area contributed by atoms with Crippen molar-refractivity contribution in [3.05, 3.63) is 114 Å². The molecule has 1 radical (unpaired) electrons. The Morgan fingerprint density at radius 1 is 0.854 bits per heavy atom. The Balaban J connectivity index is 0.000000258. The van der Waals surface area contributed by atoms with Crippen molar-refractivity contribution in [3.8, 4) is 22.5 Å². The van der Waals surface area contributed by atoms with E-state index in [0.717, 1.165) is 22.0 Å². The predicted molar refractivity (Wildman–Crippen MR) is 171 cm³/mol. The van der Waals surface area contributed by atoms with Gasteiger partial charge in [-0.3, -0.25) is 0 Å². The number of benzene rings is 3. The molecule has 0 saturated carbocycles. The van der Waals surface area contributed by atoms with E-state index in [0.29, 0.717) is 28.0 Å². The Labute approximate surface area is 268 Å². The fourth-order valence-corrected chi connectivity index (χ4v) is 5.52. The molecular formula is C36H36IrN2OSi-2. The van der Waals surface area contributed by atoms with Crippen molar-refractivity contribution in [2.75, 3.05) is 0 Å². The molecule has 5 heteroatoms. The number of furan rings is 1. The van der Waals surface area contributed by atoms with Crippen LogP contribution in [0.1, 0.15) is 46.0 Å². The number of pyridine rings is 2. The summed E-state index contributed by atoms with van der Waals surface area (Å²) in [6, 6.07) is 28.5. The molecule has 0 aliphatic heterocycles. The monoisotopic (exact) mass is 740 g/mol. The molecule has 6 rings (SSSR count). The Morgan fingerprint density at radius 2 is 1.68 bits per heavy atom. The van der Waals surface area contributed by atoms with E-state index in [1.165, 1.54) is 17.4 Å². The molecule has 0 fully saturated rings. The van der Waals surface area contributed by atoms with Gasteiger partial charge in [-0.2, -0.15) is 0 Å². The fourth-order valence-electron chi connectivity index (χ4n) is 4.49. The van der Waals surface area contributed by atoms with Crippen molar-refractivity contribution in [1.82, 2.24) is 9.97 Å². The second-order valence-corrected chi connectivity index (χ2v) is 16.1. The van der Waals surface area contributed by atoms with Crippen molar-refractivity contribution < 1.29 is 34.1 Å². The summed E-state index contributed by atoms with van der Waals surface area (Å²) in [6.45, 7) is 5.62. The van der Waals surface area contributed by atoms with Gasteiger partial charge in [0.05, 0.1) is 13.7 Å². The minimum atomic E-state index is -2.39. The van der Waals surface area contributed by atoms with Gasteiger partial charge in [0.15, 0.2) is 0 Å². The number of aromatic nitrogens is 2. The molecule has 41 heavy (non-hydrogen) atoms. The Bertz CT molecular complexity index is 2030. The summed E-state index contributed by atoms with van der Waals surface area (Å²) in [5.41, 5.74) is 4.50. The topological polar surface area (TPSA) is 38.9 Å². The molecule has 0 spiro atoms. The molecule has 0 atom stereocenters. The van der Waals surface area contributed by atoms with E-state index in [1.807, 2.05) is 36.5 Å². The van der Waals surface area contributed by atoms with Crippen LogP contribution < -0.4 is 5.19 Å². The molecule has 0 bridgehead atoms. The molecule has 3 heterocycles. The van der Waals surface area contributed by atoms with Crippen molar-refractivity contribution >= 4 is 35.2 Å². The second-order valence-electron chi connectivity index (χ2n) is 11.0. The molecule has 3 aromatic heterocycles. The normalized spacial score (nSPS) is 14.7. The third kappa shape index (κ3) is 6.76. The Hall–Kier alpha value is -3.37. The molecule has 6 aromatic rings. The van der Waals surface area contributed by atoms with Crippen LogP contribution in [0.4, 0.5) is 0 Å². The first-order chi connectivity index (χ1) is 21.8. The Morgan fingerprint density at radius 3 is 2.34 bits per heavy atom. The molecule has 0 unspecified atom stereocenters. The summed E-state index contributed by atoms with van der Waals surface area (Å²) >= 11 is 0. The Kier molecular flexibility index (Phi) is 6.86. The van der Waals surface area contributed by atoms with Gasteiger partial charge in [0.2, 0.25) is 0 Å². The molecule has 211 valence electrons. The summed E-state index contributed by atoms with van der Waals surface area (Å²) in [5.74, 6) is -1.15. The molecule has 3 aromatic carbocycles. The molecule has 3 nitrogen and oxygen atoms in total. The maximum Gasteiger partial charge on any atom is 0.121 e. The van der Waals surface area contributed by atoms with E-state index < -0.39 is 27.7 Å². The number of fused-ring (bicyclic) bond motifs is 3. The molecule has 0 N–H and O–H groups in total. The van der Waals surface area contributed by atoms with Crippen molar-refractivity contribution in [2.24, 2.45) is 0 Å². The fraction of sp³-hybridized carbons (Fsp3) is 0.222. The minimum absolute atomic E-state index is 0. The van der Waals surface area contributed by atoms with Crippen LogP contribution in [-0.4, -0.2) is 18.0 Å². The van der Waals surface area contributed by atoms with Crippen molar-refractivity contribution in [1.29, 1.82) is 0 Å². The van der Waals surface area contributed by atoms with Gasteiger partial charge in [0.1, 0.15) is 5.58 Å². The van der Waals surface area contributed by atoms with Crippen LogP contribution in [0.2, 0.25) is 19.6 Å². The third-order valence-corrected chi connectivity index (χ3v) is 8.77. The molecule has 0 saturated heterocycles. The van der Waals surface area contributed by atoms with Crippen molar-refractivity contribution in [2.45, 2.75) is 53.1 Å². The molecule has 0 aliphatic carbocycles. The first-order valence-corrected chi connectivity index (χ1v) is 16.7. The maximum absolute atomic E-state index is 8.42. The summed E-state index contributed by atoms with van der Waals surface area (Å²) in [5, 5.41) is 2.93. The average molecular weight is 740 g/mol. The van der Waals surface area contributed by atoms with Gasteiger partial charge >= 0.3 is 0 Å². The first-order valence-electron chi connectivity index (χ1n) is 16.7. The standard InChI is InChI=1S/C22H20NO.C14H16NSi.Ir/c1-13(2)19-11-20(23-12-15(19)4)18-7-5-6-17-16-9-8-14(3)10-21(16)24-22(17)18;1-16(2,3)13-9-10-14(15-11-13)12-7-5-4-6-8-12;/h5-6,8-13H,1-4H3;4-7,9-11H,1-3H3;/q2*-1;/i3D3,4D3,13D;;. The van der Waals surface area contributed by atoms with Gasteiger partial charge in [-0.25, -0.2) is 0 Å². The van der Waals surface area contributed by atoms with E-state index in [1.54, 1.807) is 38.1 Å². The van der Waals surface area contributed by atoms with Crippen LogP contribution in [0.5, 0.6) is 0 Å². The average Bonchev–Trinajstić information content (AvgIpc) is 3.38. The predicted octanol–water partition coefficient (Wildman–Crippen LogP) is 9.28. The van der Waals surface area contributed by atoms with E-state index >= 15 is 0 Å². The molecule has 0 amide bonds. The van der Waals surface area contributed by atoms with Gasteiger partial charge in [-0.1, -0.05) is 74.8 Å². The summed E-state index contributed by atoms with van der Waals surface area (Å²) in [7, 11) is -1.23. The molecule has 0 aliphatic rings. The zero-order chi connectivity index (χ0) is 34.4. The largest absolute Gasteiger partial charge is 0.501 e. The van der Waals surface area contributed by atoms with Crippen LogP contribution in [0.25, 0.3) is 44.5 Å². The first kappa shape index (κ1) is 22.3.